The standard InChI is InChI=1S/C19H26ClN5O3S/c1-14-21-18(22-25(14)16-7-5-15(20)6-8-16)19(26)24(11-4-10-23(2)3)17-9-12-29(27,28)13-17/h5-8,17H,4,9-13H2,1-3H3. The van der Waals surface area contributed by atoms with Crippen molar-refractivity contribution in [1.82, 2.24) is 24.6 Å². The maximum atomic E-state index is 13.2. The number of halogens is 1. The van der Waals surface area contributed by atoms with Crippen LogP contribution in [-0.4, -0.2) is 83.6 Å². The van der Waals surface area contributed by atoms with E-state index in [2.05, 4.69) is 10.1 Å². The van der Waals surface area contributed by atoms with E-state index in [0.29, 0.717) is 23.8 Å². The molecule has 158 valence electrons. The summed E-state index contributed by atoms with van der Waals surface area (Å²) < 4.78 is 25.5. The second-order valence-corrected chi connectivity index (χ2v) is 10.2. The van der Waals surface area contributed by atoms with Crippen molar-refractivity contribution in [2.45, 2.75) is 25.8 Å². The maximum absolute atomic E-state index is 13.2. The molecule has 1 atom stereocenters. The number of amides is 1. The predicted molar refractivity (Wildman–Crippen MR) is 112 cm³/mol. The molecule has 2 aromatic rings. The van der Waals surface area contributed by atoms with Crippen LogP contribution in [0.3, 0.4) is 0 Å². The van der Waals surface area contributed by atoms with Crippen molar-refractivity contribution in [3.63, 3.8) is 0 Å². The molecule has 10 heteroatoms. The van der Waals surface area contributed by atoms with Crippen molar-refractivity contribution >= 4 is 27.3 Å². The van der Waals surface area contributed by atoms with Gasteiger partial charge in [0.15, 0.2) is 9.84 Å². The molecular weight excluding hydrogens is 414 g/mol. The van der Waals surface area contributed by atoms with E-state index in [1.165, 1.54) is 0 Å². The molecule has 1 unspecified atom stereocenters. The zero-order chi connectivity index (χ0) is 21.2. The van der Waals surface area contributed by atoms with Gasteiger partial charge >= 0.3 is 0 Å². The van der Waals surface area contributed by atoms with Crippen molar-refractivity contribution in [2.75, 3.05) is 38.7 Å². The first kappa shape index (κ1) is 21.7. The number of hydrogen-bond acceptors (Lipinski definition) is 6. The number of carbonyl (C=O) groups excluding carboxylic acids is 1. The topological polar surface area (TPSA) is 88.4 Å². The monoisotopic (exact) mass is 439 g/mol. The Morgan fingerprint density at radius 2 is 1.93 bits per heavy atom. The molecule has 1 amide bonds. The Morgan fingerprint density at radius 1 is 1.24 bits per heavy atom. The van der Waals surface area contributed by atoms with Crippen LogP contribution in [0.2, 0.25) is 5.02 Å². The summed E-state index contributed by atoms with van der Waals surface area (Å²) in [5.74, 6) is 0.425. The van der Waals surface area contributed by atoms with E-state index in [9.17, 15) is 13.2 Å². The van der Waals surface area contributed by atoms with Gasteiger partial charge in [-0.2, -0.15) is 0 Å². The van der Waals surface area contributed by atoms with Crippen molar-refractivity contribution in [1.29, 1.82) is 0 Å². The van der Waals surface area contributed by atoms with Gasteiger partial charge in [0.2, 0.25) is 5.82 Å². The number of nitrogens with zero attached hydrogens (tertiary/aromatic N) is 5. The van der Waals surface area contributed by atoms with Crippen LogP contribution in [0.4, 0.5) is 0 Å². The van der Waals surface area contributed by atoms with Crippen LogP contribution < -0.4 is 0 Å². The van der Waals surface area contributed by atoms with Crippen molar-refractivity contribution in [3.05, 3.63) is 40.9 Å². The van der Waals surface area contributed by atoms with Gasteiger partial charge in [-0.05, 0) is 64.7 Å². The lowest BCUT2D eigenvalue weighted by Crippen LogP contribution is -2.43. The fourth-order valence-electron chi connectivity index (χ4n) is 3.46. The third kappa shape index (κ3) is 5.34. The first-order valence-corrected chi connectivity index (χ1v) is 11.7. The van der Waals surface area contributed by atoms with Crippen LogP contribution in [0, 0.1) is 6.92 Å². The van der Waals surface area contributed by atoms with E-state index in [1.807, 2.05) is 19.0 Å². The lowest BCUT2D eigenvalue weighted by Gasteiger charge is -2.27. The van der Waals surface area contributed by atoms with Gasteiger partial charge in [-0.3, -0.25) is 4.79 Å². The Morgan fingerprint density at radius 3 is 2.52 bits per heavy atom. The van der Waals surface area contributed by atoms with Gasteiger partial charge < -0.3 is 9.80 Å². The van der Waals surface area contributed by atoms with E-state index in [0.717, 1.165) is 18.7 Å². The van der Waals surface area contributed by atoms with Gasteiger partial charge in [0.25, 0.3) is 5.91 Å². The number of aromatic nitrogens is 3. The molecule has 0 saturated carbocycles. The maximum Gasteiger partial charge on any atom is 0.293 e. The van der Waals surface area contributed by atoms with Crippen LogP contribution in [0.5, 0.6) is 0 Å². The summed E-state index contributed by atoms with van der Waals surface area (Å²) in [6.45, 7) is 3.04. The highest BCUT2D eigenvalue weighted by Crippen LogP contribution is 2.21. The van der Waals surface area contributed by atoms with E-state index in [1.54, 1.807) is 40.8 Å². The highest BCUT2D eigenvalue weighted by molar-refractivity contribution is 7.91. The Balaban J connectivity index is 1.85. The lowest BCUT2D eigenvalue weighted by atomic mass is 10.2. The average Bonchev–Trinajstić information content (AvgIpc) is 3.21. The van der Waals surface area contributed by atoms with Gasteiger partial charge in [0, 0.05) is 17.6 Å². The SMILES string of the molecule is Cc1nc(C(=O)N(CCCN(C)C)C2CCS(=O)(=O)C2)nn1-c1ccc(Cl)cc1. The molecule has 1 aromatic carbocycles. The number of sulfone groups is 1. The number of hydrogen-bond donors (Lipinski definition) is 0. The number of benzene rings is 1. The summed E-state index contributed by atoms with van der Waals surface area (Å²) in [5.41, 5.74) is 0.751. The minimum Gasteiger partial charge on any atom is -0.332 e. The van der Waals surface area contributed by atoms with E-state index in [-0.39, 0.29) is 29.3 Å². The molecule has 1 aliphatic rings. The molecule has 0 bridgehead atoms. The highest BCUT2D eigenvalue weighted by atomic mass is 35.5. The zero-order valence-corrected chi connectivity index (χ0v) is 18.4. The summed E-state index contributed by atoms with van der Waals surface area (Å²) in [7, 11) is 0.816. The molecule has 0 radical (unpaired) electrons. The van der Waals surface area contributed by atoms with Crippen molar-refractivity contribution < 1.29 is 13.2 Å². The summed E-state index contributed by atoms with van der Waals surface area (Å²) in [6, 6.07) is 6.76. The summed E-state index contributed by atoms with van der Waals surface area (Å²) in [4.78, 5) is 21.2. The summed E-state index contributed by atoms with van der Waals surface area (Å²) >= 11 is 5.94. The largest absolute Gasteiger partial charge is 0.332 e. The van der Waals surface area contributed by atoms with Crippen LogP contribution in [0.15, 0.2) is 24.3 Å². The van der Waals surface area contributed by atoms with E-state index in [4.69, 9.17) is 11.6 Å². The Bertz CT molecular complexity index is 972. The first-order valence-electron chi connectivity index (χ1n) is 9.52. The van der Waals surface area contributed by atoms with Crippen molar-refractivity contribution in [3.8, 4) is 5.69 Å². The first-order chi connectivity index (χ1) is 13.7. The molecule has 0 N–H and O–H groups in total. The minimum atomic E-state index is -3.11. The molecule has 2 heterocycles. The Hall–Kier alpha value is -1.97. The minimum absolute atomic E-state index is 0.00240. The molecule has 1 saturated heterocycles. The molecule has 1 aromatic heterocycles. The molecule has 0 aliphatic carbocycles. The van der Waals surface area contributed by atoms with Crippen LogP contribution in [0.25, 0.3) is 5.69 Å². The van der Waals surface area contributed by atoms with Crippen LogP contribution in [-0.2, 0) is 9.84 Å². The zero-order valence-electron chi connectivity index (χ0n) is 16.9. The normalized spacial score (nSPS) is 18.3. The second-order valence-electron chi connectivity index (χ2n) is 7.58. The molecule has 3 rings (SSSR count). The summed E-state index contributed by atoms with van der Waals surface area (Å²) in [5, 5.41) is 5.00. The molecule has 1 fully saturated rings. The van der Waals surface area contributed by atoms with Crippen molar-refractivity contribution in [2.24, 2.45) is 0 Å². The Labute approximate surface area is 176 Å². The quantitative estimate of drug-likeness (QED) is 0.653. The molecule has 0 spiro atoms. The Kier molecular flexibility index (Phi) is 6.60. The molecule has 1 aliphatic heterocycles. The molecule has 29 heavy (non-hydrogen) atoms. The summed E-state index contributed by atoms with van der Waals surface area (Å²) in [6.07, 6.45) is 1.19. The third-order valence-electron chi connectivity index (χ3n) is 4.95. The number of carbonyl (C=O) groups is 1. The third-order valence-corrected chi connectivity index (χ3v) is 6.95. The van der Waals surface area contributed by atoms with E-state index >= 15 is 0 Å². The molecule has 8 nitrogen and oxygen atoms in total. The fraction of sp³-hybridized carbons (Fsp3) is 0.526. The lowest BCUT2D eigenvalue weighted by molar-refractivity contribution is 0.0677. The number of aryl methyl sites for hydroxylation is 1. The fourth-order valence-corrected chi connectivity index (χ4v) is 5.32. The second kappa shape index (κ2) is 8.81. The highest BCUT2D eigenvalue weighted by Gasteiger charge is 2.36. The van der Waals surface area contributed by atoms with Crippen LogP contribution >= 0.6 is 11.6 Å². The van der Waals surface area contributed by atoms with Crippen LogP contribution in [0.1, 0.15) is 29.3 Å². The average molecular weight is 440 g/mol. The van der Waals surface area contributed by atoms with Gasteiger partial charge in [-0.1, -0.05) is 11.6 Å². The van der Waals surface area contributed by atoms with Gasteiger partial charge in [-0.25, -0.2) is 18.1 Å². The molecular formula is C19H26ClN5O3S. The predicted octanol–water partition coefficient (Wildman–Crippen LogP) is 1.81. The van der Waals surface area contributed by atoms with Gasteiger partial charge in [0.05, 0.1) is 17.2 Å². The van der Waals surface area contributed by atoms with Gasteiger partial charge in [0.1, 0.15) is 5.82 Å². The number of rotatable bonds is 7. The van der Waals surface area contributed by atoms with E-state index < -0.39 is 9.84 Å². The van der Waals surface area contributed by atoms with Gasteiger partial charge in [-0.15, -0.1) is 5.10 Å². The smallest absolute Gasteiger partial charge is 0.293 e.